The van der Waals surface area contributed by atoms with Crippen molar-refractivity contribution in [2.75, 3.05) is 0 Å². The van der Waals surface area contributed by atoms with Gasteiger partial charge in [-0.05, 0) is 73.6 Å². The van der Waals surface area contributed by atoms with Crippen molar-refractivity contribution in [1.82, 2.24) is 0 Å². The molecule has 0 saturated heterocycles. The average molecular weight is 399 g/mol. The number of carboxylic acids is 1. The second kappa shape index (κ2) is 9.91. The fourth-order valence-electron chi connectivity index (χ4n) is 4.20. The first kappa shape index (κ1) is 21.4. The Morgan fingerprint density at radius 2 is 1.79 bits per heavy atom. The van der Waals surface area contributed by atoms with Crippen molar-refractivity contribution in [2.45, 2.75) is 64.9 Å². The molecule has 0 heterocycles. The zero-order chi connectivity index (χ0) is 20.8. The standard InChI is InChI=1S/C25H31FO3/c1-17(2)18-9-13-21(14-10-18)29-22-15-11-19(12-16-22)23-7-3-5-20(25(23)26)6-4-8-24(27)28/h3,5,7,11-12,15-18,21H,4,6,8-10,13-14H2,1-2H3,(H,27,28). The third-order valence-electron chi connectivity index (χ3n) is 6.05. The van der Waals surface area contributed by atoms with Crippen LogP contribution in [0.2, 0.25) is 0 Å². The molecule has 1 aliphatic rings. The molecule has 3 rings (SSSR count). The summed E-state index contributed by atoms with van der Waals surface area (Å²) in [5, 5.41) is 8.77. The van der Waals surface area contributed by atoms with E-state index in [-0.39, 0.29) is 18.3 Å². The van der Waals surface area contributed by atoms with Crippen molar-refractivity contribution in [3.8, 4) is 16.9 Å². The summed E-state index contributed by atoms with van der Waals surface area (Å²) in [6, 6.07) is 12.9. The smallest absolute Gasteiger partial charge is 0.303 e. The Balaban J connectivity index is 1.62. The molecule has 0 unspecified atom stereocenters. The molecule has 29 heavy (non-hydrogen) atoms. The van der Waals surface area contributed by atoms with Gasteiger partial charge in [-0.15, -0.1) is 0 Å². The summed E-state index contributed by atoms with van der Waals surface area (Å²) >= 11 is 0. The van der Waals surface area contributed by atoms with Crippen LogP contribution in [-0.4, -0.2) is 17.2 Å². The summed E-state index contributed by atoms with van der Waals surface area (Å²) in [6.45, 7) is 4.59. The molecule has 0 aliphatic heterocycles. The minimum atomic E-state index is -0.852. The van der Waals surface area contributed by atoms with E-state index in [4.69, 9.17) is 9.84 Å². The molecule has 0 atom stereocenters. The summed E-state index contributed by atoms with van der Waals surface area (Å²) in [6.07, 6.45) is 5.81. The summed E-state index contributed by atoms with van der Waals surface area (Å²) in [7, 11) is 0. The molecular weight excluding hydrogens is 367 g/mol. The number of hydrogen-bond donors (Lipinski definition) is 1. The van der Waals surface area contributed by atoms with Gasteiger partial charge in [0.1, 0.15) is 11.6 Å². The van der Waals surface area contributed by atoms with E-state index in [0.717, 1.165) is 36.0 Å². The molecule has 1 fully saturated rings. The van der Waals surface area contributed by atoms with Gasteiger partial charge in [-0.2, -0.15) is 0 Å². The lowest BCUT2D eigenvalue weighted by molar-refractivity contribution is -0.137. The van der Waals surface area contributed by atoms with Gasteiger partial charge in [-0.3, -0.25) is 4.79 Å². The highest BCUT2D eigenvalue weighted by Gasteiger charge is 2.24. The van der Waals surface area contributed by atoms with E-state index in [1.807, 2.05) is 30.3 Å². The number of halogens is 1. The van der Waals surface area contributed by atoms with Crippen LogP contribution in [0, 0.1) is 17.7 Å². The predicted octanol–water partition coefficient (Wildman–Crippen LogP) is 6.49. The number of carboxylic acid groups (broad SMARTS) is 1. The van der Waals surface area contributed by atoms with Gasteiger partial charge < -0.3 is 9.84 Å². The normalized spacial score (nSPS) is 19.3. The fourth-order valence-corrected chi connectivity index (χ4v) is 4.20. The monoisotopic (exact) mass is 398 g/mol. The van der Waals surface area contributed by atoms with E-state index in [9.17, 15) is 9.18 Å². The van der Waals surface area contributed by atoms with E-state index in [0.29, 0.717) is 24.0 Å². The highest BCUT2D eigenvalue weighted by Crippen LogP contribution is 2.33. The van der Waals surface area contributed by atoms with Gasteiger partial charge in [-0.25, -0.2) is 4.39 Å². The topological polar surface area (TPSA) is 46.5 Å². The number of aliphatic carboxylic acids is 1. The van der Waals surface area contributed by atoms with Gasteiger partial charge in [0, 0.05) is 12.0 Å². The Labute approximate surface area is 172 Å². The van der Waals surface area contributed by atoms with Crippen LogP contribution in [-0.2, 0) is 11.2 Å². The van der Waals surface area contributed by atoms with Crippen LogP contribution in [0.4, 0.5) is 4.39 Å². The average Bonchev–Trinajstić information content (AvgIpc) is 2.70. The molecule has 0 aromatic heterocycles. The van der Waals surface area contributed by atoms with Crippen LogP contribution in [0.15, 0.2) is 42.5 Å². The van der Waals surface area contributed by atoms with Gasteiger partial charge in [0.2, 0.25) is 0 Å². The van der Waals surface area contributed by atoms with Crippen molar-refractivity contribution in [3.05, 3.63) is 53.8 Å². The first-order chi connectivity index (χ1) is 13.9. The van der Waals surface area contributed by atoms with Crippen molar-refractivity contribution in [3.63, 3.8) is 0 Å². The summed E-state index contributed by atoms with van der Waals surface area (Å²) < 4.78 is 21.0. The van der Waals surface area contributed by atoms with Crippen molar-refractivity contribution in [2.24, 2.45) is 11.8 Å². The highest BCUT2D eigenvalue weighted by molar-refractivity contribution is 5.67. The first-order valence-electron chi connectivity index (χ1n) is 10.7. The molecule has 156 valence electrons. The third-order valence-corrected chi connectivity index (χ3v) is 6.05. The maximum atomic E-state index is 14.9. The maximum Gasteiger partial charge on any atom is 0.303 e. The molecule has 1 N–H and O–H groups in total. The minimum Gasteiger partial charge on any atom is -0.490 e. The number of rotatable bonds is 8. The summed E-state index contributed by atoms with van der Waals surface area (Å²) in [5.41, 5.74) is 1.91. The zero-order valence-corrected chi connectivity index (χ0v) is 17.4. The second-order valence-corrected chi connectivity index (χ2v) is 8.45. The van der Waals surface area contributed by atoms with Gasteiger partial charge in [-0.1, -0.05) is 44.2 Å². The lowest BCUT2D eigenvalue weighted by Crippen LogP contribution is -2.26. The second-order valence-electron chi connectivity index (χ2n) is 8.45. The molecule has 3 nitrogen and oxygen atoms in total. The number of ether oxygens (including phenoxy) is 1. The number of aryl methyl sites for hydroxylation is 1. The number of hydrogen-bond acceptors (Lipinski definition) is 2. The summed E-state index contributed by atoms with van der Waals surface area (Å²) in [5.74, 6) is 1.26. The van der Waals surface area contributed by atoms with Crippen molar-refractivity contribution >= 4 is 5.97 Å². The van der Waals surface area contributed by atoms with Gasteiger partial charge in [0.15, 0.2) is 0 Å². The Morgan fingerprint density at radius 1 is 1.10 bits per heavy atom. The van der Waals surface area contributed by atoms with E-state index < -0.39 is 5.97 Å². The SMILES string of the molecule is CC(C)C1CCC(Oc2ccc(-c3cccc(CCCC(=O)O)c3F)cc2)CC1. The maximum absolute atomic E-state index is 14.9. The van der Waals surface area contributed by atoms with Crippen LogP contribution < -0.4 is 4.74 Å². The fraction of sp³-hybridized carbons (Fsp3) is 0.480. The number of carbonyl (C=O) groups is 1. The lowest BCUT2D eigenvalue weighted by Gasteiger charge is -2.31. The van der Waals surface area contributed by atoms with Gasteiger partial charge in [0.25, 0.3) is 0 Å². The van der Waals surface area contributed by atoms with E-state index in [2.05, 4.69) is 13.8 Å². The predicted molar refractivity (Wildman–Crippen MR) is 114 cm³/mol. The third kappa shape index (κ3) is 5.81. The van der Waals surface area contributed by atoms with Crippen LogP contribution in [0.5, 0.6) is 5.75 Å². The molecule has 4 heteroatoms. The first-order valence-corrected chi connectivity index (χ1v) is 10.7. The molecule has 0 radical (unpaired) electrons. The quantitative estimate of drug-likeness (QED) is 0.552. The molecule has 0 amide bonds. The lowest BCUT2D eigenvalue weighted by atomic mass is 9.80. The van der Waals surface area contributed by atoms with Crippen molar-refractivity contribution < 1.29 is 19.0 Å². The number of benzene rings is 2. The molecule has 2 aromatic carbocycles. The minimum absolute atomic E-state index is 0.0504. The zero-order valence-electron chi connectivity index (χ0n) is 17.4. The highest BCUT2D eigenvalue weighted by atomic mass is 19.1. The van der Waals surface area contributed by atoms with E-state index in [1.54, 1.807) is 12.1 Å². The van der Waals surface area contributed by atoms with Crippen molar-refractivity contribution in [1.29, 1.82) is 0 Å². The Morgan fingerprint density at radius 3 is 2.41 bits per heavy atom. The van der Waals surface area contributed by atoms with Gasteiger partial charge in [0.05, 0.1) is 6.10 Å². The summed E-state index contributed by atoms with van der Waals surface area (Å²) in [4.78, 5) is 10.7. The largest absolute Gasteiger partial charge is 0.490 e. The molecule has 0 spiro atoms. The van der Waals surface area contributed by atoms with E-state index >= 15 is 0 Å². The Hall–Kier alpha value is -2.36. The molecule has 1 aliphatic carbocycles. The van der Waals surface area contributed by atoms with Crippen LogP contribution in [0.25, 0.3) is 11.1 Å². The Kier molecular flexibility index (Phi) is 7.29. The molecule has 0 bridgehead atoms. The van der Waals surface area contributed by atoms with Gasteiger partial charge >= 0.3 is 5.97 Å². The van der Waals surface area contributed by atoms with Crippen LogP contribution in [0.1, 0.15) is 57.9 Å². The Bertz CT molecular complexity index is 805. The molecule has 2 aromatic rings. The van der Waals surface area contributed by atoms with E-state index in [1.165, 1.54) is 12.8 Å². The van der Waals surface area contributed by atoms with Crippen LogP contribution in [0.3, 0.4) is 0 Å². The molecule has 1 saturated carbocycles. The van der Waals surface area contributed by atoms with Crippen LogP contribution >= 0.6 is 0 Å². The molecular formula is C25H31FO3.